The van der Waals surface area contributed by atoms with Gasteiger partial charge in [-0.15, -0.1) is 0 Å². The molecule has 2 aliphatic rings. The van der Waals surface area contributed by atoms with Crippen molar-refractivity contribution < 1.29 is 4.74 Å². The van der Waals surface area contributed by atoms with Crippen molar-refractivity contribution in [3.05, 3.63) is 82.8 Å². The first-order valence-electron chi connectivity index (χ1n) is 11.9. The number of rotatable bonds is 5. The molecule has 0 bridgehead atoms. The lowest BCUT2D eigenvalue weighted by atomic mass is 9.83. The summed E-state index contributed by atoms with van der Waals surface area (Å²) in [5.41, 5.74) is 4.81. The highest BCUT2D eigenvalue weighted by Crippen LogP contribution is 2.38. The minimum absolute atomic E-state index is 0.371. The van der Waals surface area contributed by atoms with Gasteiger partial charge in [-0.05, 0) is 43.0 Å². The summed E-state index contributed by atoms with van der Waals surface area (Å²) in [7, 11) is 0. The zero-order chi connectivity index (χ0) is 23.6. The average molecular weight is 443 g/mol. The Morgan fingerprint density at radius 1 is 1.06 bits per heavy atom. The van der Waals surface area contributed by atoms with E-state index in [2.05, 4.69) is 35.3 Å². The van der Waals surface area contributed by atoms with Gasteiger partial charge in [-0.3, -0.25) is 5.01 Å². The van der Waals surface area contributed by atoms with Gasteiger partial charge in [0.05, 0.1) is 11.6 Å². The first-order valence-corrected chi connectivity index (χ1v) is 11.9. The van der Waals surface area contributed by atoms with Crippen LogP contribution in [0.5, 0.6) is 5.75 Å². The zero-order valence-electron chi connectivity index (χ0n) is 19.9. The Bertz CT molecular complexity index is 1040. The molecule has 2 aromatic carbocycles. The van der Waals surface area contributed by atoms with Crippen molar-refractivity contribution in [2.75, 3.05) is 0 Å². The van der Waals surface area contributed by atoms with Crippen LogP contribution in [-0.4, -0.2) is 11.2 Å². The molecule has 33 heavy (non-hydrogen) atoms. The monoisotopic (exact) mass is 442 g/mol. The normalized spacial score (nSPS) is 17.7. The number of hydrazine groups is 1. The van der Waals surface area contributed by atoms with Gasteiger partial charge < -0.3 is 4.74 Å². The van der Waals surface area contributed by atoms with Gasteiger partial charge >= 0.3 is 0 Å². The highest BCUT2D eigenvalue weighted by Gasteiger charge is 2.29. The lowest BCUT2D eigenvalue weighted by molar-refractivity contribution is 0.306. The van der Waals surface area contributed by atoms with Crippen molar-refractivity contribution in [2.24, 2.45) is 16.8 Å². The Morgan fingerprint density at radius 3 is 2.36 bits per heavy atom. The van der Waals surface area contributed by atoms with E-state index in [0.717, 1.165) is 41.0 Å². The summed E-state index contributed by atoms with van der Waals surface area (Å²) in [5.74, 6) is 8.26. The summed E-state index contributed by atoms with van der Waals surface area (Å²) >= 11 is 0. The molecule has 2 aromatic rings. The molecular weight excluding hydrogens is 408 g/mol. The van der Waals surface area contributed by atoms with Crippen LogP contribution in [-0.2, 0) is 6.61 Å². The van der Waals surface area contributed by atoms with Crippen LogP contribution in [0.4, 0.5) is 0 Å². The molecule has 0 radical (unpaired) electrons. The van der Waals surface area contributed by atoms with E-state index in [1.165, 1.54) is 19.3 Å². The fourth-order valence-corrected chi connectivity index (χ4v) is 4.31. The van der Waals surface area contributed by atoms with Crippen molar-refractivity contribution in [1.82, 2.24) is 5.01 Å². The third-order valence-corrected chi connectivity index (χ3v) is 5.99. The number of hydrogen-bond acceptors (Lipinski definition) is 5. The van der Waals surface area contributed by atoms with Gasteiger partial charge in [-0.2, -0.15) is 5.26 Å². The van der Waals surface area contributed by atoms with E-state index >= 15 is 0 Å². The van der Waals surface area contributed by atoms with Crippen molar-refractivity contribution >= 4 is 11.8 Å². The number of nitrogens with zero attached hydrogens (tertiary/aromatic N) is 3. The van der Waals surface area contributed by atoms with E-state index < -0.39 is 0 Å². The second-order valence-electron chi connectivity index (χ2n) is 8.12. The quantitative estimate of drug-likeness (QED) is 0.418. The second-order valence-corrected chi connectivity index (χ2v) is 8.12. The van der Waals surface area contributed by atoms with Crippen LogP contribution in [0, 0.1) is 17.2 Å². The molecule has 5 heteroatoms. The summed E-state index contributed by atoms with van der Waals surface area (Å²) in [6, 6.07) is 20.4. The van der Waals surface area contributed by atoms with Gasteiger partial charge in [0.1, 0.15) is 12.4 Å². The fraction of sp³-hybridized carbons (Fsp3) is 0.357. The summed E-state index contributed by atoms with van der Waals surface area (Å²) in [5, 5.41) is 11.0. The Morgan fingerprint density at radius 2 is 1.73 bits per heavy atom. The average Bonchev–Trinajstić information content (AvgIpc) is 2.89. The lowest BCUT2D eigenvalue weighted by Gasteiger charge is -2.35. The molecule has 4 rings (SSSR count). The van der Waals surface area contributed by atoms with Crippen LogP contribution < -0.4 is 10.6 Å². The maximum absolute atomic E-state index is 9.35. The Kier molecular flexibility index (Phi) is 8.86. The smallest absolute Gasteiger partial charge is 0.160 e. The van der Waals surface area contributed by atoms with Crippen LogP contribution in [0.15, 0.2) is 76.7 Å². The van der Waals surface area contributed by atoms with E-state index in [4.69, 9.17) is 10.6 Å². The topological polar surface area (TPSA) is 74.6 Å². The molecule has 0 atom stereocenters. The van der Waals surface area contributed by atoms with Crippen LogP contribution in [0.25, 0.3) is 5.57 Å². The molecule has 172 valence electrons. The molecule has 0 aromatic heterocycles. The van der Waals surface area contributed by atoms with Crippen LogP contribution >= 0.6 is 0 Å². The van der Waals surface area contributed by atoms with Gasteiger partial charge in [-0.25, -0.2) is 10.8 Å². The minimum atomic E-state index is 0.371. The van der Waals surface area contributed by atoms with Crippen molar-refractivity contribution in [1.29, 1.82) is 5.26 Å². The molecule has 0 saturated heterocycles. The van der Waals surface area contributed by atoms with Crippen molar-refractivity contribution in [3.63, 3.8) is 0 Å². The maximum atomic E-state index is 9.35. The van der Waals surface area contributed by atoms with Gasteiger partial charge in [0.2, 0.25) is 0 Å². The van der Waals surface area contributed by atoms with E-state index in [1.807, 2.05) is 50.4 Å². The molecule has 1 fully saturated rings. The van der Waals surface area contributed by atoms with Gasteiger partial charge in [0, 0.05) is 23.4 Å². The molecule has 0 unspecified atom stereocenters. The highest BCUT2D eigenvalue weighted by molar-refractivity contribution is 6.12. The first-order chi connectivity index (χ1) is 16.2. The number of benzene rings is 2. The van der Waals surface area contributed by atoms with Crippen molar-refractivity contribution in [2.45, 2.75) is 59.5 Å². The summed E-state index contributed by atoms with van der Waals surface area (Å²) < 4.78 is 5.93. The second kappa shape index (κ2) is 12.0. The summed E-state index contributed by atoms with van der Waals surface area (Å²) in [4.78, 5) is 4.53. The molecule has 1 heterocycles. The molecule has 0 amide bonds. The largest absolute Gasteiger partial charge is 0.489 e. The third kappa shape index (κ3) is 5.91. The molecular formula is C28H34N4O. The molecule has 1 aliphatic heterocycles. The SMILES string of the molecule is C/C(C#N)=C1/N=CC(c2ccc(OCc3ccccc3)cc2)=C(C2CCCCC2)N1N.CC. The first kappa shape index (κ1) is 24.3. The predicted molar refractivity (Wildman–Crippen MR) is 135 cm³/mol. The van der Waals surface area contributed by atoms with E-state index in [9.17, 15) is 5.26 Å². The number of hydrogen-bond donors (Lipinski definition) is 1. The van der Waals surface area contributed by atoms with Gasteiger partial charge in [0.15, 0.2) is 5.82 Å². The maximum Gasteiger partial charge on any atom is 0.160 e. The van der Waals surface area contributed by atoms with Crippen LogP contribution in [0.2, 0.25) is 0 Å². The molecule has 5 nitrogen and oxygen atoms in total. The highest BCUT2D eigenvalue weighted by atomic mass is 16.5. The zero-order valence-corrected chi connectivity index (χ0v) is 19.9. The molecule has 2 N–H and O–H groups in total. The summed E-state index contributed by atoms with van der Waals surface area (Å²) in [6.45, 7) is 6.30. The van der Waals surface area contributed by atoms with E-state index in [1.54, 1.807) is 11.9 Å². The molecule has 1 saturated carbocycles. The third-order valence-electron chi connectivity index (χ3n) is 5.99. The number of allylic oxidation sites excluding steroid dienone is 3. The fourth-order valence-electron chi connectivity index (χ4n) is 4.31. The Balaban J connectivity index is 0.00000149. The Labute approximate surface area is 197 Å². The van der Waals surface area contributed by atoms with E-state index in [0.29, 0.717) is 23.9 Å². The number of ether oxygens (including phenoxy) is 1. The summed E-state index contributed by atoms with van der Waals surface area (Å²) in [6.07, 6.45) is 7.76. The number of nitrogens with two attached hydrogens (primary N) is 1. The lowest BCUT2D eigenvalue weighted by Crippen LogP contribution is -2.37. The molecule has 1 aliphatic carbocycles. The van der Waals surface area contributed by atoms with Crippen LogP contribution in [0.3, 0.4) is 0 Å². The predicted octanol–water partition coefficient (Wildman–Crippen LogP) is 6.60. The van der Waals surface area contributed by atoms with E-state index in [-0.39, 0.29) is 0 Å². The Hall–Kier alpha value is -3.36. The van der Waals surface area contributed by atoms with Crippen LogP contribution in [0.1, 0.15) is 64.0 Å². The number of aliphatic imine (C=N–C) groups is 1. The van der Waals surface area contributed by atoms with Gasteiger partial charge in [0.25, 0.3) is 0 Å². The molecule has 0 spiro atoms. The standard InChI is InChI=1S/C26H28N4O.C2H6/c1-19(16-27)26-29-17-24(25(30(26)28)22-10-6-3-7-11-22)21-12-14-23(15-13-21)31-18-20-8-4-2-5-9-20;1-2/h2,4-5,8-9,12-15,17,22H,3,6-7,10-11,18,28H2,1H3;1-2H3/b26-19+;. The number of nitriles is 1. The van der Waals surface area contributed by atoms with Gasteiger partial charge in [-0.1, -0.05) is 75.6 Å². The minimum Gasteiger partial charge on any atom is -0.489 e. The van der Waals surface area contributed by atoms with Crippen molar-refractivity contribution in [3.8, 4) is 11.8 Å².